The third kappa shape index (κ3) is 0.436. The van der Waals surface area contributed by atoms with Crippen LogP contribution < -0.4 is 0 Å². The molecule has 1 rings (SSSR count). The molecule has 0 unspecified atom stereocenters. The van der Waals surface area contributed by atoms with Crippen molar-refractivity contribution >= 4 is 0 Å². The van der Waals surface area contributed by atoms with Gasteiger partial charge in [-0.15, -0.1) is 0 Å². The summed E-state index contributed by atoms with van der Waals surface area (Å²) in [4.78, 5) is 0. The van der Waals surface area contributed by atoms with E-state index in [1.54, 1.807) is 0 Å². The van der Waals surface area contributed by atoms with Crippen LogP contribution >= 0.6 is 0 Å². The first kappa shape index (κ1) is 0.531. The van der Waals surface area contributed by atoms with Crippen LogP contribution in [0.4, 0.5) is 0 Å². The molecule has 0 aromatic carbocycles. The molecule has 0 amide bonds. The molecule has 1 heterocycles. The van der Waals surface area contributed by atoms with Gasteiger partial charge in [-0.2, -0.15) is 10.2 Å². The van der Waals surface area contributed by atoms with Crippen molar-refractivity contribution in [2.75, 3.05) is 0 Å². The van der Waals surface area contributed by atoms with Crippen molar-refractivity contribution in [1.29, 1.82) is 0 Å². The minimum absolute atomic E-state index is 2.12. The molecule has 28 valence electrons. The lowest BCUT2D eigenvalue weighted by molar-refractivity contribution is 0.752. The number of nitrogens with zero attached hydrogens (tertiary/aromatic N) is 2. The summed E-state index contributed by atoms with van der Waals surface area (Å²) in [5, 5.41) is 6.15. The zero-order valence-electron chi connectivity index (χ0n) is 8.39. The van der Waals surface area contributed by atoms with Crippen LogP contribution in [0.25, 0.3) is 0 Å². The first-order chi connectivity index (χ1) is 4.71. The largest absolute Gasteiger partial charge is 0.185 e. The lowest BCUT2D eigenvalue weighted by Crippen LogP contribution is -1.90. The third-order valence-electron chi connectivity index (χ3n) is 0.300. The van der Waals surface area contributed by atoms with E-state index in [1.807, 2.05) is 0 Å². The summed E-state index contributed by atoms with van der Waals surface area (Å²) in [5.74, 6) is 0. The smallest absolute Gasteiger partial charge is 0.160 e. The van der Waals surface area contributed by atoms with Crippen LogP contribution in [0.2, 0.25) is 0 Å². The molecule has 0 spiro atoms. The van der Waals surface area contributed by atoms with E-state index >= 15 is 0 Å². The third-order valence-corrected chi connectivity index (χ3v) is 0.300. The topological polar surface area (TPSA) is 24.7 Å². The summed E-state index contributed by atoms with van der Waals surface area (Å²) in [6, 6.07) is 0. The lowest BCUT2D eigenvalue weighted by Gasteiger charge is -1.79. The van der Waals surface area contributed by atoms with Crippen LogP contribution in [0.15, 0.2) is 10.2 Å². The predicted molar refractivity (Wildman–Crippen MR) is 18.9 cm³/mol. The molecule has 0 aromatic rings. The van der Waals surface area contributed by atoms with E-state index in [4.69, 9.17) is 8.22 Å². The van der Waals surface area contributed by atoms with Gasteiger partial charge in [0.2, 0.25) is 0 Å². The Bertz CT molecular complexity index is 177. The molecule has 0 N–H and O–H groups in total. The van der Waals surface area contributed by atoms with E-state index in [0.717, 1.165) is 0 Å². The SMILES string of the molecule is [2H]C([2H])([2H])C1(C([2H])([2H])[2H])N=N1. The lowest BCUT2D eigenvalue weighted by atomic mass is 10.4. The van der Waals surface area contributed by atoms with Crippen molar-refractivity contribution in [3.05, 3.63) is 0 Å². The Kier molecular flexibility index (Phi) is 0.0447. The van der Waals surface area contributed by atoms with Crippen molar-refractivity contribution in [3.63, 3.8) is 0 Å². The standard InChI is InChI=1S/C3H6N2/c1-3(2)4-5-3/h1-2H3/i1D3,2D3. The van der Waals surface area contributed by atoms with Gasteiger partial charge in [-0.3, -0.25) is 0 Å². The van der Waals surface area contributed by atoms with Crippen LogP contribution in [-0.2, 0) is 0 Å². The number of rotatable bonds is 0. The quantitative estimate of drug-likeness (QED) is 0.414. The zero-order chi connectivity index (χ0) is 8.91. The van der Waals surface area contributed by atoms with Gasteiger partial charge in [0, 0.05) is 8.22 Å². The summed E-state index contributed by atoms with van der Waals surface area (Å²) in [6.45, 7) is -5.31. The summed E-state index contributed by atoms with van der Waals surface area (Å²) in [7, 11) is 0. The number of hydrogen-bond donors (Lipinski definition) is 0. The maximum atomic E-state index is 6.84. The van der Waals surface area contributed by atoms with E-state index in [2.05, 4.69) is 10.2 Å². The first-order valence-electron chi connectivity index (χ1n) is 4.15. The average Bonchev–Trinajstić information content (AvgIpc) is 2.31. The monoisotopic (exact) mass is 76.1 g/mol. The van der Waals surface area contributed by atoms with E-state index in [-0.39, 0.29) is 0 Å². The van der Waals surface area contributed by atoms with Gasteiger partial charge in [0.15, 0.2) is 5.66 Å². The molecule has 0 atom stereocenters. The molecule has 0 aromatic heterocycles. The van der Waals surface area contributed by atoms with Gasteiger partial charge in [-0.25, -0.2) is 0 Å². The van der Waals surface area contributed by atoms with Gasteiger partial charge in [-0.05, 0) is 13.7 Å². The highest BCUT2D eigenvalue weighted by molar-refractivity contribution is 4.80. The molecule has 2 heteroatoms. The highest BCUT2D eigenvalue weighted by Gasteiger charge is 2.25. The average molecular weight is 76.1 g/mol. The fraction of sp³-hybridized carbons (Fsp3) is 1.00. The molecule has 0 fully saturated rings. The maximum absolute atomic E-state index is 6.84. The molecule has 0 saturated heterocycles. The molecular formula is C3H6N2. The molecule has 2 nitrogen and oxygen atoms in total. The second-order valence-electron chi connectivity index (χ2n) is 0.872. The van der Waals surface area contributed by atoms with E-state index in [0.29, 0.717) is 0 Å². The minimum Gasteiger partial charge on any atom is -0.160 e. The van der Waals surface area contributed by atoms with Crippen LogP contribution in [-0.4, -0.2) is 5.66 Å². The second kappa shape index (κ2) is 0.421. The molecule has 1 aliphatic heterocycles. The van der Waals surface area contributed by atoms with Gasteiger partial charge >= 0.3 is 0 Å². The van der Waals surface area contributed by atoms with Crippen molar-refractivity contribution < 1.29 is 8.22 Å². The summed E-state index contributed by atoms with van der Waals surface area (Å²) < 4.78 is 41.0. The number of hydrogen-bond acceptors (Lipinski definition) is 2. The van der Waals surface area contributed by atoms with Crippen LogP contribution in [0.5, 0.6) is 0 Å². The minimum atomic E-state index is -2.65. The highest BCUT2D eigenvalue weighted by atomic mass is 15.4. The Morgan fingerprint density at radius 2 is 2.20 bits per heavy atom. The Morgan fingerprint density at radius 3 is 2.20 bits per heavy atom. The summed E-state index contributed by atoms with van der Waals surface area (Å²) >= 11 is 0. The molecular weight excluding hydrogens is 64.0 g/mol. The fourth-order valence-corrected chi connectivity index (χ4v) is 0.0500. The Labute approximate surface area is 39.3 Å². The van der Waals surface area contributed by atoms with Gasteiger partial charge < -0.3 is 0 Å². The second-order valence-corrected chi connectivity index (χ2v) is 0.872. The van der Waals surface area contributed by atoms with E-state index in [9.17, 15) is 0 Å². The van der Waals surface area contributed by atoms with Crippen LogP contribution in [0.1, 0.15) is 21.9 Å². The van der Waals surface area contributed by atoms with E-state index < -0.39 is 19.4 Å². The van der Waals surface area contributed by atoms with Crippen molar-refractivity contribution in [1.82, 2.24) is 0 Å². The fourth-order valence-electron chi connectivity index (χ4n) is 0.0500. The zero-order valence-corrected chi connectivity index (χ0v) is 2.39. The van der Waals surface area contributed by atoms with Crippen molar-refractivity contribution in [2.45, 2.75) is 19.4 Å². The normalized spacial score (nSPS) is 49.6. The molecule has 5 heavy (non-hydrogen) atoms. The molecule has 0 radical (unpaired) electrons. The van der Waals surface area contributed by atoms with Crippen LogP contribution in [0, 0.1) is 0 Å². The maximum Gasteiger partial charge on any atom is 0.185 e. The highest BCUT2D eigenvalue weighted by Crippen LogP contribution is 2.24. The Morgan fingerprint density at radius 1 is 1.60 bits per heavy atom. The van der Waals surface area contributed by atoms with Gasteiger partial charge in [-0.1, -0.05) is 0 Å². The molecule has 0 saturated carbocycles. The van der Waals surface area contributed by atoms with Gasteiger partial charge in [0.1, 0.15) is 0 Å². The summed E-state index contributed by atoms with van der Waals surface area (Å²) in [5.41, 5.74) is -2.12. The van der Waals surface area contributed by atoms with Crippen molar-refractivity contribution in [2.24, 2.45) is 10.2 Å². The molecule has 1 aliphatic rings. The Balaban J connectivity index is 2.86. The molecule has 0 aliphatic carbocycles. The van der Waals surface area contributed by atoms with E-state index in [1.165, 1.54) is 0 Å². The first-order valence-corrected chi connectivity index (χ1v) is 1.15. The van der Waals surface area contributed by atoms with Crippen LogP contribution in [0.3, 0.4) is 0 Å². The predicted octanol–water partition coefficient (Wildman–Crippen LogP) is 1.19. The van der Waals surface area contributed by atoms with Crippen molar-refractivity contribution in [3.8, 4) is 0 Å². The summed E-state index contributed by atoms with van der Waals surface area (Å²) in [6.07, 6.45) is 0. The molecule has 0 bridgehead atoms. The Hall–Kier alpha value is -0.400. The van der Waals surface area contributed by atoms with Gasteiger partial charge in [0.25, 0.3) is 0 Å². The van der Waals surface area contributed by atoms with Gasteiger partial charge in [0.05, 0.1) is 0 Å².